The van der Waals surface area contributed by atoms with Crippen LogP contribution >= 0.6 is 0 Å². The molecule has 0 fully saturated rings. The quantitative estimate of drug-likeness (QED) is 0.582. The lowest BCUT2D eigenvalue weighted by molar-refractivity contribution is -0.385. The number of amides is 2. The summed E-state index contributed by atoms with van der Waals surface area (Å²) in [7, 11) is 0. The fourth-order valence-electron chi connectivity index (χ4n) is 2.81. The molecule has 0 saturated carbocycles. The molecule has 28 heavy (non-hydrogen) atoms. The highest BCUT2D eigenvalue weighted by Crippen LogP contribution is 2.36. The maximum Gasteiger partial charge on any atom is 0.286 e. The first-order chi connectivity index (χ1) is 13.5. The molecule has 1 aliphatic rings. The number of ether oxygens (including phenoxy) is 2. The predicted octanol–water partition coefficient (Wildman–Crippen LogP) is 2.30. The first-order valence-electron chi connectivity index (χ1n) is 8.73. The van der Waals surface area contributed by atoms with Gasteiger partial charge in [-0.1, -0.05) is 25.1 Å². The number of hydrogen-bond donors (Lipinski definition) is 2. The number of para-hydroxylation sites is 1. The van der Waals surface area contributed by atoms with Crippen LogP contribution in [0.25, 0.3) is 0 Å². The van der Waals surface area contributed by atoms with Crippen molar-refractivity contribution in [3.8, 4) is 11.5 Å². The number of carbonyl (C=O) groups is 2. The second kappa shape index (κ2) is 8.38. The lowest BCUT2D eigenvalue weighted by Gasteiger charge is -2.18. The number of anilines is 1. The minimum absolute atomic E-state index is 0.198. The maximum absolute atomic E-state index is 12.4. The van der Waals surface area contributed by atoms with Crippen LogP contribution in [-0.2, 0) is 11.2 Å². The molecule has 9 heteroatoms. The van der Waals surface area contributed by atoms with Crippen molar-refractivity contribution in [2.24, 2.45) is 0 Å². The summed E-state index contributed by atoms with van der Waals surface area (Å²) in [6.45, 7) is 2.19. The van der Waals surface area contributed by atoms with Gasteiger partial charge in [0.2, 0.25) is 5.91 Å². The van der Waals surface area contributed by atoms with E-state index in [2.05, 4.69) is 10.6 Å². The van der Waals surface area contributed by atoms with Crippen molar-refractivity contribution in [2.75, 3.05) is 25.1 Å². The smallest absolute Gasteiger partial charge is 0.286 e. The van der Waals surface area contributed by atoms with Crippen LogP contribution in [0.5, 0.6) is 11.5 Å². The van der Waals surface area contributed by atoms with Crippen molar-refractivity contribution in [1.82, 2.24) is 5.32 Å². The Balaban J connectivity index is 1.70. The van der Waals surface area contributed by atoms with E-state index in [9.17, 15) is 19.7 Å². The molecule has 0 saturated heterocycles. The Morgan fingerprint density at radius 1 is 1.14 bits per heavy atom. The second-order valence-electron chi connectivity index (χ2n) is 6.01. The molecule has 0 spiro atoms. The minimum Gasteiger partial charge on any atom is -0.486 e. The van der Waals surface area contributed by atoms with Gasteiger partial charge in [0, 0.05) is 11.8 Å². The summed E-state index contributed by atoms with van der Waals surface area (Å²) in [4.78, 5) is 35.2. The van der Waals surface area contributed by atoms with E-state index in [4.69, 9.17) is 9.47 Å². The van der Waals surface area contributed by atoms with Crippen LogP contribution in [0.15, 0.2) is 36.4 Å². The molecule has 0 aromatic heterocycles. The number of rotatable bonds is 6. The van der Waals surface area contributed by atoms with Gasteiger partial charge in [0.25, 0.3) is 11.6 Å². The molecule has 1 aliphatic heterocycles. The summed E-state index contributed by atoms with van der Waals surface area (Å²) in [6, 6.07) is 9.74. The van der Waals surface area contributed by atoms with E-state index in [0.717, 1.165) is 18.1 Å². The Kier molecular flexibility index (Phi) is 5.73. The molecule has 1 heterocycles. The minimum atomic E-state index is -0.748. The fourth-order valence-corrected chi connectivity index (χ4v) is 2.81. The molecule has 0 radical (unpaired) electrons. The number of nitrogens with zero attached hydrogens (tertiary/aromatic N) is 1. The molecule has 2 amide bonds. The van der Waals surface area contributed by atoms with Gasteiger partial charge in [0.15, 0.2) is 11.5 Å². The van der Waals surface area contributed by atoms with Gasteiger partial charge in [-0.15, -0.1) is 0 Å². The maximum atomic E-state index is 12.4. The van der Waals surface area contributed by atoms with Crippen LogP contribution < -0.4 is 20.1 Å². The molecule has 0 bridgehead atoms. The van der Waals surface area contributed by atoms with Crippen LogP contribution in [0.1, 0.15) is 22.8 Å². The molecule has 0 aliphatic carbocycles. The number of benzene rings is 2. The van der Waals surface area contributed by atoms with E-state index in [1.54, 1.807) is 12.1 Å². The van der Waals surface area contributed by atoms with Gasteiger partial charge in [-0.05, 0) is 18.1 Å². The van der Waals surface area contributed by atoms with E-state index >= 15 is 0 Å². The molecule has 2 N–H and O–H groups in total. The normalized spacial score (nSPS) is 12.2. The third-order valence-electron chi connectivity index (χ3n) is 4.18. The van der Waals surface area contributed by atoms with Crippen LogP contribution in [0.2, 0.25) is 0 Å². The van der Waals surface area contributed by atoms with Crippen molar-refractivity contribution in [3.05, 3.63) is 57.6 Å². The second-order valence-corrected chi connectivity index (χ2v) is 6.01. The van der Waals surface area contributed by atoms with Gasteiger partial charge in [-0.3, -0.25) is 19.7 Å². The molecule has 2 aromatic carbocycles. The number of fused-ring (bicyclic) bond motifs is 1. The average Bonchev–Trinajstić information content (AvgIpc) is 2.71. The number of carbonyl (C=O) groups excluding carboxylic acids is 2. The van der Waals surface area contributed by atoms with E-state index < -0.39 is 22.4 Å². The van der Waals surface area contributed by atoms with Gasteiger partial charge in [0.1, 0.15) is 18.8 Å². The Morgan fingerprint density at radius 3 is 2.50 bits per heavy atom. The number of nitrogens with one attached hydrogen (secondary N) is 2. The highest BCUT2D eigenvalue weighted by atomic mass is 16.6. The molecule has 9 nitrogen and oxygen atoms in total. The Bertz CT molecular complexity index is 928. The van der Waals surface area contributed by atoms with E-state index in [0.29, 0.717) is 5.69 Å². The van der Waals surface area contributed by atoms with Gasteiger partial charge in [0.05, 0.1) is 17.5 Å². The molecular weight excluding hydrogens is 366 g/mol. The molecule has 3 rings (SSSR count). The monoisotopic (exact) mass is 385 g/mol. The van der Waals surface area contributed by atoms with Crippen molar-refractivity contribution in [2.45, 2.75) is 13.3 Å². The third kappa shape index (κ3) is 4.20. The van der Waals surface area contributed by atoms with Crippen LogP contribution in [0.3, 0.4) is 0 Å². The lowest BCUT2D eigenvalue weighted by Crippen LogP contribution is -2.33. The SMILES string of the molecule is CCc1ccccc1NC(=O)CNC(=O)c1cc2c(cc1[N+](=O)[O-])OCCO2. The van der Waals surface area contributed by atoms with Crippen molar-refractivity contribution >= 4 is 23.2 Å². The van der Waals surface area contributed by atoms with Gasteiger partial charge >= 0.3 is 0 Å². The molecular formula is C19H19N3O6. The largest absolute Gasteiger partial charge is 0.486 e. The third-order valence-corrected chi connectivity index (χ3v) is 4.18. The molecule has 0 unspecified atom stereocenters. The molecule has 2 aromatic rings. The summed E-state index contributed by atoms with van der Waals surface area (Å²) < 4.78 is 10.7. The summed E-state index contributed by atoms with van der Waals surface area (Å²) in [5, 5.41) is 16.4. The average molecular weight is 385 g/mol. The number of hydrogen-bond acceptors (Lipinski definition) is 6. The lowest BCUT2D eigenvalue weighted by atomic mass is 10.1. The summed E-state index contributed by atoms with van der Waals surface area (Å²) in [5.41, 5.74) is 1.01. The zero-order valence-electron chi connectivity index (χ0n) is 15.2. The summed E-state index contributed by atoms with van der Waals surface area (Å²) in [6.07, 6.45) is 0.742. The summed E-state index contributed by atoms with van der Waals surface area (Å²) >= 11 is 0. The number of nitro groups is 1. The zero-order chi connectivity index (χ0) is 20.1. The van der Waals surface area contributed by atoms with Crippen LogP contribution in [-0.4, -0.2) is 36.5 Å². The van der Waals surface area contributed by atoms with Gasteiger partial charge in [-0.25, -0.2) is 0 Å². The van der Waals surface area contributed by atoms with Crippen LogP contribution in [0.4, 0.5) is 11.4 Å². The molecule has 146 valence electrons. The van der Waals surface area contributed by atoms with Crippen molar-refractivity contribution in [1.29, 1.82) is 0 Å². The van der Waals surface area contributed by atoms with Crippen LogP contribution in [0, 0.1) is 10.1 Å². The number of aryl methyl sites for hydroxylation is 1. The molecule has 0 atom stereocenters. The van der Waals surface area contributed by atoms with Crippen molar-refractivity contribution < 1.29 is 24.0 Å². The van der Waals surface area contributed by atoms with Gasteiger partial charge in [-0.2, -0.15) is 0 Å². The van der Waals surface area contributed by atoms with E-state index in [1.807, 2.05) is 19.1 Å². The van der Waals surface area contributed by atoms with Crippen molar-refractivity contribution in [3.63, 3.8) is 0 Å². The predicted molar refractivity (Wildman–Crippen MR) is 101 cm³/mol. The standard InChI is InChI=1S/C19H19N3O6/c1-2-12-5-3-4-6-14(12)21-18(23)11-20-19(24)13-9-16-17(28-8-7-27-16)10-15(13)22(25)26/h3-6,9-10H,2,7-8,11H2,1H3,(H,20,24)(H,21,23). The van der Waals surface area contributed by atoms with E-state index in [-0.39, 0.29) is 36.8 Å². The highest BCUT2D eigenvalue weighted by Gasteiger charge is 2.26. The Labute approximate surface area is 160 Å². The Hall–Kier alpha value is -3.62. The van der Waals surface area contributed by atoms with E-state index in [1.165, 1.54) is 6.07 Å². The topological polar surface area (TPSA) is 120 Å². The fraction of sp³-hybridized carbons (Fsp3) is 0.263. The first kappa shape index (κ1) is 19.2. The first-order valence-corrected chi connectivity index (χ1v) is 8.73. The van der Waals surface area contributed by atoms with Gasteiger partial charge < -0.3 is 20.1 Å². The zero-order valence-corrected chi connectivity index (χ0v) is 15.2. The summed E-state index contributed by atoms with van der Waals surface area (Å²) in [5.74, 6) is -0.719. The number of nitro benzene ring substituents is 1. The Morgan fingerprint density at radius 2 is 1.82 bits per heavy atom. The highest BCUT2D eigenvalue weighted by molar-refractivity contribution is 6.02.